The van der Waals surface area contributed by atoms with E-state index < -0.39 is 40.7 Å². The van der Waals surface area contributed by atoms with Gasteiger partial charge < -0.3 is 11.5 Å². The largest absolute Gasteiger partial charge is 0.416 e. The van der Waals surface area contributed by atoms with Crippen molar-refractivity contribution >= 4 is 28.6 Å². The van der Waals surface area contributed by atoms with E-state index in [1.807, 2.05) is 0 Å². The van der Waals surface area contributed by atoms with Crippen molar-refractivity contribution in [2.45, 2.75) is 37.8 Å². The van der Waals surface area contributed by atoms with Crippen LogP contribution >= 0.6 is 11.8 Å². The molecule has 0 aromatic heterocycles. The summed E-state index contributed by atoms with van der Waals surface area (Å²) in [6, 6.07) is 0.438. The Balaban J connectivity index is 1.69. The minimum absolute atomic E-state index is 0.0466. The van der Waals surface area contributed by atoms with Crippen LogP contribution in [0.4, 0.5) is 31.1 Å². The monoisotopic (exact) mass is 494 g/mol. The zero-order valence-electron chi connectivity index (χ0n) is 17.0. The summed E-state index contributed by atoms with van der Waals surface area (Å²) >= 11 is 0.825. The average Bonchev–Trinajstić information content (AvgIpc) is 3.07. The molecule has 1 atom stereocenters. The van der Waals surface area contributed by atoms with Crippen LogP contribution in [0.3, 0.4) is 0 Å². The highest BCUT2D eigenvalue weighted by molar-refractivity contribution is 8.18. The highest BCUT2D eigenvalue weighted by Crippen LogP contribution is 2.38. The van der Waals surface area contributed by atoms with E-state index in [0.717, 1.165) is 17.8 Å². The first-order valence-electron chi connectivity index (χ1n) is 9.83. The molecule has 1 aromatic rings. The number of allylic oxidation sites excluding steroid dienone is 1. The predicted molar refractivity (Wildman–Crippen MR) is 110 cm³/mol. The maximum atomic E-state index is 13.4. The molecule has 3 rings (SSSR count). The summed E-state index contributed by atoms with van der Waals surface area (Å²) in [5.41, 5.74) is 8.09. The van der Waals surface area contributed by atoms with Crippen molar-refractivity contribution < 1.29 is 35.9 Å². The molecule has 2 amide bonds. The molecule has 0 saturated carbocycles. The van der Waals surface area contributed by atoms with Gasteiger partial charge in [0.05, 0.1) is 16.8 Å². The number of nitrogens with two attached hydrogens (primary N) is 2. The summed E-state index contributed by atoms with van der Waals surface area (Å²) < 4.78 is 78.7. The van der Waals surface area contributed by atoms with Crippen LogP contribution in [0, 0.1) is 5.92 Å². The van der Waals surface area contributed by atoms with Crippen LogP contribution in [0.15, 0.2) is 34.2 Å². The van der Waals surface area contributed by atoms with E-state index in [4.69, 9.17) is 11.5 Å². The average molecular weight is 494 g/mol. The second-order valence-electron chi connectivity index (χ2n) is 7.76. The number of thioether (sulfide) groups is 1. The van der Waals surface area contributed by atoms with Crippen LogP contribution in [-0.2, 0) is 23.7 Å². The Morgan fingerprint density at radius 3 is 2.36 bits per heavy atom. The zero-order valence-corrected chi connectivity index (χ0v) is 17.9. The highest BCUT2D eigenvalue weighted by Gasteiger charge is 2.38. The van der Waals surface area contributed by atoms with Crippen molar-refractivity contribution in [3.63, 3.8) is 0 Å². The normalized spacial score (nSPS) is 20.9. The van der Waals surface area contributed by atoms with Gasteiger partial charge in [-0.3, -0.25) is 14.5 Å². The Hall–Kier alpha value is -2.38. The summed E-state index contributed by atoms with van der Waals surface area (Å²) in [6.07, 6.45) is -6.98. The number of nitrogens with zero attached hydrogens (tertiary/aromatic N) is 2. The Morgan fingerprint density at radius 2 is 1.82 bits per heavy atom. The number of amides is 2. The first-order chi connectivity index (χ1) is 15.3. The Labute approximate surface area is 189 Å². The molecule has 2 aliphatic heterocycles. The molecule has 0 aliphatic carbocycles. The first-order valence-corrected chi connectivity index (χ1v) is 10.6. The van der Waals surface area contributed by atoms with Gasteiger partial charge in [-0.05, 0) is 61.3 Å². The molecule has 6 nitrogen and oxygen atoms in total. The van der Waals surface area contributed by atoms with Crippen LogP contribution in [0.1, 0.15) is 29.5 Å². The van der Waals surface area contributed by atoms with Gasteiger partial charge in [-0.15, -0.1) is 0 Å². The number of likely N-dealkylation sites (tertiary alicyclic amines) is 1. The van der Waals surface area contributed by atoms with Crippen LogP contribution < -0.4 is 11.5 Å². The number of benzene rings is 1. The van der Waals surface area contributed by atoms with E-state index in [9.17, 15) is 35.9 Å². The third-order valence-corrected chi connectivity index (χ3v) is 6.25. The van der Waals surface area contributed by atoms with Crippen molar-refractivity contribution in [2.24, 2.45) is 22.4 Å². The second-order valence-corrected chi connectivity index (χ2v) is 8.75. The number of rotatable bonds is 5. The lowest BCUT2D eigenvalue weighted by molar-refractivity contribution is -0.143. The van der Waals surface area contributed by atoms with Gasteiger partial charge in [0.25, 0.3) is 0 Å². The molecule has 1 saturated heterocycles. The van der Waals surface area contributed by atoms with Crippen LogP contribution in [0.2, 0.25) is 0 Å². The van der Waals surface area contributed by atoms with Crippen LogP contribution in [0.5, 0.6) is 0 Å². The van der Waals surface area contributed by atoms with Gasteiger partial charge in [0, 0.05) is 11.4 Å². The Bertz CT molecular complexity index is 997. The van der Waals surface area contributed by atoms with E-state index in [1.165, 1.54) is 0 Å². The van der Waals surface area contributed by atoms with Crippen LogP contribution in [-0.4, -0.2) is 40.9 Å². The number of hydrogen-bond donors (Lipinski definition) is 2. The SMILES string of the molecule is NC(=O)C(N)C1=NC(=O)S/C1=C\C1CCN(Cc2ccc(C(F)(F)F)cc2C(F)(F)F)CC1. The van der Waals surface area contributed by atoms with Gasteiger partial charge in [-0.2, -0.15) is 26.3 Å². The first kappa shape index (κ1) is 25.2. The standard InChI is InChI=1S/C20H20F6N4O2S/c21-19(22,23)12-2-1-11(13(8-12)20(24,25)26)9-30-5-3-10(4-6-30)7-14-16(15(27)17(28)31)29-18(32)33-14/h1-2,7-8,10,15H,3-6,9,27H2,(H2,28,31)/b14-7-. The Morgan fingerprint density at radius 1 is 1.18 bits per heavy atom. The van der Waals surface area contributed by atoms with Gasteiger partial charge in [0.1, 0.15) is 6.04 Å². The van der Waals surface area contributed by atoms with Gasteiger partial charge in [0.2, 0.25) is 5.91 Å². The van der Waals surface area contributed by atoms with E-state index in [-0.39, 0.29) is 29.8 Å². The number of carbonyl (C=O) groups excluding carboxylic acids is 2. The third-order valence-electron chi connectivity index (χ3n) is 5.42. The zero-order chi connectivity index (χ0) is 24.6. The minimum Gasteiger partial charge on any atom is -0.368 e. The molecule has 13 heteroatoms. The number of aliphatic imine (C=N–C) groups is 1. The summed E-state index contributed by atoms with van der Waals surface area (Å²) in [5.74, 6) is -0.878. The summed E-state index contributed by atoms with van der Waals surface area (Å²) in [7, 11) is 0. The molecular formula is C20H20F6N4O2S. The number of hydrogen-bond acceptors (Lipinski definition) is 5. The summed E-state index contributed by atoms with van der Waals surface area (Å²) in [6.45, 7) is 0.627. The minimum atomic E-state index is -4.92. The molecule has 0 bridgehead atoms. The molecule has 1 fully saturated rings. The van der Waals surface area contributed by atoms with Gasteiger partial charge >= 0.3 is 17.6 Å². The molecule has 180 valence electrons. The van der Waals surface area contributed by atoms with Crippen molar-refractivity contribution in [3.05, 3.63) is 45.9 Å². The van der Waals surface area contributed by atoms with Crippen molar-refractivity contribution in [2.75, 3.05) is 13.1 Å². The lowest BCUT2D eigenvalue weighted by Gasteiger charge is -2.31. The molecule has 0 radical (unpaired) electrons. The summed E-state index contributed by atoms with van der Waals surface area (Å²) in [5, 5.41) is -0.521. The number of primary amides is 1. The van der Waals surface area contributed by atoms with Crippen molar-refractivity contribution in [1.82, 2.24) is 4.90 Å². The lowest BCUT2D eigenvalue weighted by atomic mass is 9.94. The molecule has 33 heavy (non-hydrogen) atoms. The molecular weight excluding hydrogens is 474 g/mol. The molecule has 1 aromatic carbocycles. The van der Waals surface area contributed by atoms with Gasteiger partial charge in [-0.1, -0.05) is 12.1 Å². The fourth-order valence-electron chi connectivity index (χ4n) is 3.69. The number of alkyl halides is 6. The fraction of sp³-hybridized carbons (Fsp3) is 0.450. The maximum absolute atomic E-state index is 13.4. The lowest BCUT2D eigenvalue weighted by Crippen LogP contribution is -2.43. The quantitative estimate of drug-likeness (QED) is 0.604. The number of halogens is 6. The molecule has 2 aliphatic rings. The fourth-order valence-corrected chi connectivity index (χ4v) is 4.56. The van der Waals surface area contributed by atoms with E-state index >= 15 is 0 Å². The number of piperidine rings is 1. The molecule has 2 heterocycles. The topological polar surface area (TPSA) is 102 Å². The smallest absolute Gasteiger partial charge is 0.368 e. The van der Waals surface area contributed by atoms with Crippen molar-refractivity contribution in [3.8, 4) is 0 Å². The van der Waals surface area contributed by atoms with E-state index in [2.05, 4.69) is 4.99 Å². The van der Waals surface area contributed by atoms with Crippen molar-refractivity contribution in [1.29, 1.82) is 0 Å². The second kappa shape index (κ2) is 9.47. The predicted octanol–water partition coefficient (Wildman–Crippen LogP) is 3.94. The van der Waals surface area contributed by atoms with E-state index in [0.29, 0.717) is 36.9 Å². The van der Waals surface area contributed by atoms with Gasteiger partial charge in [0.15, 0.2) is 0 Å². The van der Waals surface area contributed by atoms with Gasteiger partial charge in [-0.25, -0.2) is 4.99 Å². The molecule has 0 spiro atoms. The maximum Gasteiger partial charge on any atom is 0.416 e. The van der Waals surface area contributed by atoms with Crippen LogP contribution in [0.25, 0.3) is 0 Å². The summed E-state index contributed by atoms with van der Waals surface area (Å²) in [4.78, 5) is 28.9. The number of carbonyl (C=O) groups is 2. The third kappa shape index (κ3) is 6.15. The Kier molecular flexibility index (Phi) is 7.24. The molecule has 4 N–H and O–H groups in total. The van der Waals surface area contributed by atoms with E-state index in [1.54, 1.807) is 11.0 Å². The molecule has 1 unspecified atom stereocenters. The highest BCUT2D eigenvalue weighted by atomic mass is 32.2.